The lowest BCUT2D eigenvalue weighted by Gasteiger charge is -2.16. The summed E-state index contributed by atoms with van der Waals surface area (Å²) in [4.78, 5) is 11.2. The molecule has 5 heteroatoms. The largest absolute Gasteiger partial charge is 0.369 e. The van der Waals surface area contributed by atoms with E-state index >= 15 is 0 Å². The molecule has 2 aliphatic rings. The normalized spacial score (nSPS) is 19.3. The molecular weight excluding hydrogens is 248 g/mol. The maximum atomic E-state index is 6.02. The van der Waals surface area contributed by atoms with Gasteiger partial charge in [0.1, 0.15) is 16.8 Å². The molecule has 0 saturated heterocycles. The molecule has 0 atom stereocenters. The Hall–Kier alpha value is -0.870. The van der Waals surface area contributed by atoms with Crippen LogP contribution in [-0.2, 0) is 0 Å². The van der Waals surface area contributed by atoms with Gasteiger partial charge in [-0.3, -0.25) is 0 Å². The molecule has 2 saturated carbocycles. The number of hydrogen-bond donors (Lipinski definition) is 1. The quantitative estimate of drug-likeness (QED) is 0.804. The number of hydrogen-bond acceptors (Lipinski definition) is 4. The summed E-state index contributed by atoms with van der Waals surface area (Å²) < 4.78 is 0. The van der Waals surface area contributed by atoms with E-state index < -0.39 is 0 Å². The molecular formula is C13H19ClN4. The standard InChI is InChI=1S/C13H19ClN4/c1-18(10-4-5-10)7-6-15-12-8-11(14)16-13(17-12)9-2-3-9/h8-10H,2-7H2,1H3,(H,15,16,17). The molecule has 2 fully saturated rings. The van der Waals surface area contributed by atoms with E-state index in [0.29, 0.717) is 11.1 Å². The van der Waals surface area contributed by atoms with Crippen molar-refractivity contribution in [3.63, 3.8) is 0 Å². The van der Waals surface area contributed by atoms with Crippen molar-refractivity contribution in [2.24, 2.45) is 0 Å². The lowest BCUT2D eigenvalue weighted by atomic mass is 10.4. The van der Waals surface area contributed by atoms with Crippen molar-refractivity contribution in [2.75, 3.05) is 25.5 Å². The minimum Gasteiger partial charge on any atom is -0.369 e. The van der Waals surface area contributed by atoms with Gasteiger partial charge in [-0.25, -0.2) is 9.97 Å². The second-order valence-electron chi connectivity index (χ2n) is 5.35. The van der Waals surface area contributed by atoms with E-state index in [4.69, 9.17) is 11.6 Å². The first kappa shape index (κ1) is 12.2. The Kier molecular flexibility index (Phi) is 3.39. The Balaban J connectivity index is 1.54. The molecule has 1 aromatic heterocycles. The van der Waals surface area contributed by atoms with Crippen molar-refractivity contribution >= 4 is 17.4 Å². The molecule has 18 heavy (non-hydrogen) atoms. The van der Waals surface area contributed by atoms with Gasteiger partial charge < -0.3 is 10.2 Å². The van der Waals surface area contributed by atoms with E-state index in [2.05, 4.69) is 27.2 Å². The maximum absolute atomic E-state index is 6.02. The van der Waals surface area contributed by atoms with E-state index in [1.807, 2.05) is 6.07 Å². The lowest BCUT2D eigenvalue weighted by Crippen LogP contribution is -2.27. The highest BCUT2D eigenvalue weighted by atomic mass is 35.5. The molecule has 0 amide bonds. The summed E-state index contributed by atoms with van der Waals surface area (Å²) in [5.74, 6) is 2.31. The van der Waals surface area contributed by atoms with Crippen molar-refractivity contribution in [3.8, 4) is 0 Å². The second kappa shape index (κ2) is 5.02. The van der Waals surface area contributed by atoms with Crippen molar-refractivity contribution < 1.29 is 0 Å². The molecule has 3 rings (SSSR count). The Labute approximate surface area is 113 Å². The van der Waals surface area contributed by atoms with E-state index in [-0.39, 0.29) is 0 Å². The van der Waals surface area contributed by atoms with Gasteiger partial charge in [0, 0.05) is 31.1 Å². The van der Waals surface area contributed by atoms with E-state index in [1.54, 1.807) is 0 Å². The highest BCUT2D eigenvalue weighted by molar-refractivity contribution is 6.29. The van der Waals surface area contributed by atoms with Gasteiger partial charge in [-0.1, -0.05) is 11.6 Å². The predicted molar refractivity (Wildman–Crippen MR) is 73.2 cm³/mol. The van der Waals surface area contributed by atoms with Crippen LogP contribution in [-0.4, -0.2) is 41.0 Å². The second-order valence-corrected chi connectivity index (χ2v) is 5.73. The fraction of sp³-hybridized carbons (Fsp3) is 0.692. The minimum absolute atomic E-state index is 0.540. The Bertz CT molecular complexity index is 429. The van der Waals surface area contributed by atoms with Crippen LogP contribution in [0, 0.1) is 0 Å². The monoisotopic (exact) mass is 266 g/mol. The summed E-state index contributed by atoms with van der Waals surface area (Å²) >= 11 is 6.02. The summed E-state index contributed by atoms with van der Waals surface area (Å²) in [7, 11) is 2.18. The molecule has 0 unspecified atom stereocenters. The minimum atomic E-state index is 0.540. The highest BCUT2D eigenvalue weighted by Crippen LogP contribution is 2.38. The van der Waals surface area contributed by atoms with Crippen LogP contribution in [0.5, 0.6) is 0 Å². The van der Waals surface area contributed by atoms with Crippen LogP contribution in [0.2, 0.25) is 5.15 Å². The summed E-state index contributed by atoms with van der Waals surface area (Å²) in [6.45, 7) is 1.95. The fourth-order valence-electron chi connectivity index (χ4n) is 2.11. The first-order chi connectivity index (χ1) is 8.72. The number of halogens is 1. The first-order valence-electron chi connectivity index (χ1n) is 6.71. The van der Waals surface area contributed by atoms with Crippen molar-refractivity contribution in [3.05, 3.63) is 17.0 Å². The molecule has 4 nitrogen and oxygen atoms in total. The van der Waals surface area contributed by atoms with Gasteiger partial charge in [0.25, 0.3) is 0 Å². The number of likely N-dealkylation sites (N-methyl/N-ethyl adjacent to an activating group) is 1. The fourth-order valence-corrected chi connectivity index (χ4v) is 2.30. The number of aromatic nitrogens is 2. The van der Waals surface area contributed by atoms with Gasteiger partial charge in [0.15, 0.2) is 0 Å². The summed E-state index contributed by atoms with van der Waals surface area (Å²) in [5, 5.41) is 3.89. The van der Waals surface area contributed by atoms with Crippen LogP contribution >= 0.6 is 11.6 Å². The highest BCUT2D eigenvalue weighted by Gasteiger charge is 2.27. The third kappa shape index (κ3) is 3.12. The Morgan fingerprint density at radius 2 is 2.11 bits per heavy atom. The zero-order valence-electron chi connectivity index (χ0n) is 10.7. The average molecular weight is 267 g/mol. The van der Waals surface area contributed by atoms with Crippen molar-refractivity contribution in [1.82, 2.24) is 14.9 Å². The van der Waals surface area contributed by atoms with E-state index in [1.165, 1.54) is 25.7 Å². The zero-order chi connectivity index (χ0) is 12.5. The van der Waals surface area contributed by atoms with Crippen LogP contribution in [0.15, 0.2) is 6.07 Å². The van der Waals surface area contributed by atoms with Crippen LogP contribution in [0.1, 0.15) is 37.4 Å². The van der Waals surface area contributed by atoms with Gasteiger partial charge in [-0.15, -0.1) is 0 Å². The maximum Gasteiger partial charge on any atom is 0.135 e. The molecule has 0 bridgehead atoms. The van der Waals surface area contributed by atoms with Gasteiger partial charge in [-0.05, 0) is 32.7 Å². The van der Waals surface area contributed by atoms with Crippen molar-refractivity contribution in [1.29, 1.82) is 0 Å². The van der Waals surface area contributed by atoms with Crippen molar-refractivity contribution in [2.45, 2.75) is 37.6 Å². The molecule has 0 aromatic carbocycles. The Morgan fingerprint density at radius 3 is 2.78 bits per heavy atom. The van der Waals surface area contributed by atoms with E-state index in [0.717, 1.165) is 30.8 Å². The SMILES string of the molecule is CN(CCNc1cc(Cl)nc(C2CC2)n1)C1CC1. The van der Waals surface area contributed by atoms with Crippen LogP contribution in [0.3, 0.4) is 0 Å². The molecule has 1 heterocycles. The Morgan fingerprint density at radius 1 is 1.33 bits per heavy atom. The van der Waals surface area contributed by atoms with Crippen LogP contribution in [0.4, 0.5) is 5.82 Å². The van der Waals surface area contributed by atoms with Gasteiger partial charge in [-0.2, -0.15) is 0 Å². The number of nitrogens with one attached hydrogen (secondary N) is 1. The molecule has 98 valence electrons. The molecule has 1 N–H and O–H groups in total. The lowest BCUT2D eigenvalue weighted by molar-refractivity contribution is 0.337. The molecule has 2 aliphatic carbocycles. The first-order valence-corrected chi connectivity index (χ1v) is 7.09. The smallest absolute Gasteiger partial charge is 0.135 e. The third-order valence-electron chi connectivity index (χ3n) is 3.60. The zero-order valence-corrected chi connectivity index (χ0v) is 11.5. The predicted octanol–water partition coefficient (Wildman–Crippen LogP) is 2.51. The molecule has 0 radical (unpaired) electrons. The topological polar surface area (TPSA) is 41.0 Å². The van der Waals surface area contributed by atoms with Gasteiger partial charge in [0.05, 0.1) is 0 Å². The summed E-state index contributed by atoms with van der Waals surface area (Å²) in [6, 6.07) is 2.62. The number of nitrogens with zero attached hydrogens (tertiary/aromatic N) is 3. The van der Waals surface area contributed by atoms with Gasteiger partial charge in [0.2, 0.25) is 0 Å². The van der Waals surface area contributed by atoms with E-state index in [9.17, 15) is 0 Å². The molecule has 0 aliphatic heterocycles. The van der Waals surface area contributed by atoms with Gasteiger partial charge >= 0.3 is 0 Å². The number of anilines is 1. The third-order valence-corrected chi connectivity index (χ3v) is 3.79. The number of rotatable bonds is 6. The average Bonchev–Trinajstić information content (AvgIpc) is 3.17. The van der Waals surface area contributed by atoms with Crippen LogP contribution in [0.25, 0.3) is 0 Å². The van der Waals surface area contributed by atoms with Crippen LogP contribution < -0.4 is 5.32 Å². The molecule has 1 aromatic rings. The molecule has 0 spiro atoms. The summed E-state index contributed by atoms with van der Waals surface area (Å²) in [6.07, 6.45) is 5.09. The summed E-state index contributed by atoms with van der Waals surface area (Å²) in [5.41, 5.74) is 0.